The molecule has 0 bridgehead atoms. The molecule has 0 saturated carbocycles. The van der Waals surface area contributed by atoms with E-state index >= 15 is 0 Å². The predicted octanol–water partition coefficient (Wildman–Crippen LogP) is 2.28. The molecule has 0 radical (unpaired) electrons. The highest BCUT2D eigenvalue weighted by molar-refractivity contribution is 6.43. The number of nitrogens with zero attached hydrogens (tertiary/aromatic N) is 1. The third-order valence-corrected chi connectivity index (χ3v) is 6.53. The van der Waals surface area contributed by atoms with Crippen molar-refractivity contribution in [2.45, 2.75) is 39.6 Å². The van der Waals surface area contributed by atoms with Gasteiger partial charge in [0, 0.05) is 23.5 Å². The summed E-state index contributed by atoms with van der Waals surface area (Å²) in [6.07, 6.45) is -0.0190. The van der Waals surface area contributed by atoms with E-state index in [0.717, 1.165) is 36.2 Å². The Balaban J connectivity index is 2.04. The maximum atomic E-state index is 12.6. The number of carbonyl (C=O) groups excluding carboxylic acids is 1. The second kappa shape index (κ2) is 11.8. The van der Waals surface area contributed by atoms with Gasteiger partial charge in [-0.1, -0.05) is 24.3 Å². The van der Waals surface area contributed by atoms with Gasteiger partial charge in [0.15, 0.2) is 0 Å². The normalized spacial score (nSPS) is 12.3. The third-order valence-electron chi connectivity index (χ3n) is 6.53. The Morgan fingerprint density at radius 2 is 1.61 bits per heavy atom. The molecule has 2 rings (SSSR count). The number of para-hydroxylation sites is 1. The highest BCUT2D eigenvalue weighted by atomic mass is 16.4. The van der Waals surface area contributed by atoms with Crippen molar-refractivity contribution in [3.63, 3.8) is 0 Å². The minimum atomic E-state index is -1.76. The first kappa shape index (κ1) is 26.4. The van der Waals surface area contributed by atoms with Gasteiger partial charge in [-0.2, -0.15) is 0 Å². The number of carboxylic acid groups (broad SMARTS) is 1. The van der Waals surface area contributed by atoms with Crippen LogP contribution < -0.4 is 5.32 Å². The monoisotopic (exact) mass is 457 g/mol. The van der Waals surface area contributed by atoms with Crippen molar-refractivity contribution >= 4 is 19.0 Å². The second-order valence-corrected chi connectivity index (χ2v) is 8.35. The van der Waals surface area contributed by atoms with E-state index in [-0.39, 0.29) is 30.0 Å². The highest BCUT2D eigenvalue weighted by Gasteiger charge is 2.27. The van der Waals surface area contributed by atoms with Crippen LogP contribution in [0.5, 0.6) is 5.75 Å². The lowest BCUT2D eigenvalue weighted by atomic mass is 9.69. The highest BCUT2D eigenvalue weighted by Crippen LogP contribution is 2.27. The zero-order chi connectivity index (χ0) is 24.6. The average Bonchev–Trinajstić information content (AvgIpc) is 2.81. The minimum absolute atomic E-state index is 0.0190. The molecule has 0 heterocycles. The molecule has 0 aliphatic rings. The number of amides is 1. The van der Waals surface area contributed by atoms with E-state index in [2.05, 4.69) is 26.1 Å². The summed E-state index contributed by atoms with van der Waals surface area (Å²) < 4.78 is 0.970. The van der Waals surface area contributed by atoms with Crippen LogP contribution in [-0.2, 0) is 13.0 Å². The number of carbonyl (C=O) groups is 2. The zero-order valence-corrected chi connectivity index (χ0v) is 19.5. The summed E-state index contributed by atoms with van der Waals surface area (Å²) >= 11 is 0. The number of rotatable bonds is 12. The van der Waals surface area contributed by atoms with Crippen LogP contribution in [-0.4, -0.2) is 69.9 Å². The van der Waals surface area contributed by atoms with Gasteiger partial charge in [0.1, 0.15) is 17.9 Å². The van der Waals surface area contributed by atoms with Crippen LogP contribution in [0.25, 0.3) is 0 Å². The van der Waals surface area contributed by atoms with Crippen molar-refractivity contribution in [2.24, 2.45) is 0 Å². The van der Waals surface area contributed by atoms with E-state index in [9.17, 15) is 24.7 Å². The van der Waals surface area contributed by atoms with E-state index < -0.39 is 24.7 Å². The number of hydrogen-bond acceptors (Lipinski definition) is 5. The number of benzene rings is 2. The summed E-state index contributed by atoms with van der Waals surface area (Å²) in [6, 6.07) is 11.6. The molecule has 1 amide bonds. The number of aromatic carboxylic acids is 1. The molecule has 0 spiro atoms. The number of aromatic hydroxyl groups is 1. The Morgan fingerprint density at radius 3 is 2.12 bits per heavy atom. The van der Waals surface area contributed by atoms with Crippen LogP contribution in [0.1, 0.15) is 52.6 Å². The first-order valence-corrected chi connectivity index (χ1v) is 11.3. The molecule has 8 nitrogen and oxygen atoms in total. The van der Waals surface area contributed by atoms with Crippen molar-refractivity contribution in [2.75, 3.05) is 26.2 Å². The molecule has 0 aliphatic heterocycles. The smallest absolute Gasteiger partial charge is 0.456 e. The van der Waals surface area contributed by atoms with Crippen molar-refractivity contribution in [1.29, 1.82) is 0 Å². The predicted molar refractivity (Wildman–Crippen MR) is 127 cm³/mol. The number of quaternary nitrogens is 1. The second-order valence-electron chi connectivity index (χ2n) is 8.35. The first-order chi connectivity index (χ1) is 15.7. The number of carboxylic acids is 1. The average molecular weight is 457 g/mol. The van der Waals surface area contributed by atoms with E-state index in [1.165, 1.54) is 18.2 Å². The van der Waals surface area contributed by atoms with Crippen molar-refractivity contribution < 1.29 is 34.3 Å². The van der Waals surface area contributed by atoms with Gasteiger partial charge in [-0.15, -0.1) is 0 Å². The van der Waals surface area contributed by atoms with E-state index in [0.29, 0.717) is 5.56 Å². The summed E-state index contributed by atoms with van der Waals surface area (Å²) in [5, 5.41) is 41.5. The summed E-state index contributed by atoms with van der Waals surface area (Å²) in [5.74, 6) is -2.88. The summed E-state index contributed by atoms with van der Waals surface area (Å²) in [5.41, 5.74) is 1.61. The molecule has 33 heavy (non-hydrogen) atoms. The fourth-order valence-corrected chi connectivity index (χ4v) is 3.97. The molecule has 2 aromatic rings. The van der Waals surface area contributed by atoms with E-state index in [1.807, 2.05) is 12.1 Å². The quantitative estimate of drug-likeness (QED) is 0.246. The molecule has 5 N–H and O–H groups in total. The van der Waals surface area contributed by atoms with Gasteiger partial charge in [0.05, 0.1) is 19.6 Å². The lowest BCUT2D eigenvalue weighted by molar-refractivity contribution is -0.936. The zero-order valence-electron chi connectivity index (χ0n) is 19.5. The van der Waals surface area contributed by atoms with Crippen LogP contribution >= 0.6 is 0 Å². The Morgan fingerprint density at radius 1 is 1.00 bits per heavy atom. The summed E-state index contributed by atoms with van der Waals surface area (Å²) in [4.78, 5) is 23.8. The van der Waals surface area contributed by atoms with Gasteiger partial charge in [0.25, 0.3) is 5.91 Å². The number of nitrogens with one attached hydrogen (secondary N) is 1. The van der Waals surface area contributed by atoms with E-state index in [1.54, 1.807) is 12.1 Å². The fraction of sp³-hybridized carbons (Fsp3) is 0.417. The van der Waals surface area contributed by atoms with Crippen LogP contribution in [0.4, 0.5) is 0 Å². The molecule has 1 atom stereocenters. The van der Waals surface area contributed by atoms with Gasteiger partial charge >= 0.3 is 13.1 Å². The molecule has 9 heteroatoms. The van der Waals surface area contributed by atoms with E-state index in [4.69, 9.17) is 5.11 Å². The maximum absolute atomic E-state index is 12.6. The van der Waals surface area contributed by atoms with Crippen molar-refractivity contribution in [3.05, 3.63) is 64.7 Å². The van der Waals surface area contributed by atoms with Crippen molar-refractivity contribution in [3.8, 4) is 5.75 Å². The largest absolute Gasteiger partial charge is 0.507 e. The minimum Gasteiger partial charge on any atom is -0.507 e. The van der Waals surface area contributed by atoms with Gasteiger partial charge in [-0.25, -0.2) is 4.79 Å². The molecule has 2 aromatic carbocycles. The van der Waals surface area contributed by atoms with Crippen LogP contribution in [0.2, 0.25) is 5.82 Å². The number of hydrogen-bond donors (Lipinski definition) is 5. The molecule has 0 saturated heterocycles. The van der Waals surface area contributed by atoms with Crippen LogP contribution in [0.3, 0.4) is 0 Å². The lowest BCUT2D eigenvalue weighted by Gasteiger charge is -2.35. The Labute approximate surface area is 195 Å². The molecule has 0 aromatic heterocycles. The molecule has 178 valence electrons. The van der Waals surface area contributed by atoms with Gasteiger partial charge in [-0.05, 0) is 51.0 Å². The van der Waals surface area contributed by atoms with Gasteiger partial charge in [0.2, 0.25) is 0 Å². The molecular formula is C24H34BN2O6+. The van der Waals surface area contributed by atoms with Gasteiger partial charge < -0.3 is 30.1 Å². The lowest BCUT2D eigenvalue weighted by Crippen LogP contribution is -2.46. The van der Waals surface area contributed by atoms with Crippen LogP contribution in [0.15, 0.2) is 42.5 Å². The molecule has 0 aliphatic carbocycles. The third kappa shape index (κ3) is 6.80. The van der Waals surface area contributed by atoms with Crippen LogP contribution in [0, 0.1) is 0 Å². The Bertz CT molecular complexity index is 936. The summed E-state index contributed by atoms with van der Waals surface area (Å²) in [6.45, 7) is 10.5. The molecule has 0 unspecified atom stereocenters. The first-order valence-electron chi connectivity index (χ1n) is 11.3. The maximum Gasteiger partial charge on any atom is 0.456 e. The Hall–Kier alpha value is -2.88. The van der Waals surface area contributed by atoms with Gasteiger partial charge in [-0.3, -0.25) is 4.79 Å². The summed E-state index contributed by atoms with van der Waals surface area (Å²) in [7, 11) is -1.76. The molecular weight excluding hydrogens is 423 g/mol. The SMILES string of the molecule is CC[N+](CC)(CC)Cc1ccc(C(=O)NC[C@@H](Cc2cccc(C(=O)O)c2O)B(O)O)cc1. The molecule has 0 fully saturated rings. The van der Waals surface area contributed by atoms with Crippen molar-refractivity contribution in [1.82, 2.24) is 5.32 Å². The topological polar surface area (TPSA) is 127 Å². The number of phenols is 1. The fourth-order valence-electron chi connectivity index (χ4n) is 3.97. The standard InChI is InChI=1S/C24H33BN2O6/c1-4-27(5-2,6-3)16-17-10-12-18(13-11-17)23(29)26-15-20(25(32)33)14-19-8-7-9-21(22(19)28)24(30)31/h7-13,20,32-33H,4-6,14-16H2,1-3H3,(H2-,26,28,29,30,31)/p+1/t20-/m1/s1. The Kier molecular flexibility index (Phi) is 9.46.